The lowest BCUT2D eigenvalue weighted by molar-refractivity contribution is 0.827. The van der Waals surface area contributed by atoms with Gasteiger partial charge in [-0.05, 0) is 61.9 Å². The first-order valence-electron chi connectivity index (χ1n) is 11.3. The number of hydrogen-bond acceptors (Lipinski definition) is 1. The van der Waals surface area contributed by atoms with E-state index in [1.165, 1.54) is 43.6 Å². The standard InChI is InChI=1S/C29H25N3/c1-3-31-26-11-7-5-9-22(26)24-17-20(13-15-28(24)31)19-30-21-14-16-29-25(18-21)23-10-6-8-12-27(23)32(29)4-2/h5-19H,3-4H2,1-2H3. The van der Waals surface area contributed by atoms with Crippen molar-refractivity contribution in [2.24, 2.45) is 4.99 Å². The van der Waals surface area contributed by atoms with Crippen LogP contribution in [0.3, 0.4) is 0 Å². The van der Waals surface area contributed by atoms with Crippen LogP contribution in [0.2, 0.25) is 0 Å². The molecular formula is C29H25N3. The highest BCUT2D eigenvalue weighted by atomic mass is 15.0. The number of fused-ring (bicyclic) bond motifs is 6. The second kappa shape index (κ2) is 7.38. The first-order valence-corrected chi connectivity index (χ1v) is 11.3. The molecule has 6 aromatic rings. The summed E-state index contributed by atoms with van der Waals surface area (Å²) in [7, 11) is 0. The second-order valence-corrected chi connectivity index (χ2v) is 8.26. The van der Waals surface area contributed by atoms with E-state index >= 15 is 0 Å². The van der Waals surface area contributed by atoms with Gasteiger partial charge in [-0.3, -0.25) is 4.99 Å². The fourth-order valence-corrected chi connectivity index (χ4v) is 5.10. The Kier molecular flexibility index (Phi) is 4.36. The van der Waals surface area contributed by atoms with Crippen molar-refractivity contribution in [1.82, 2.24) is 9.13 Å². The normalized spacial score (nSPS) is 12.2. The number of para-hydroxylation sites is 2. The molecule has 0 N–H and O–H groups in total. The molecule has 0 bridgehead atoms. The summed E-state index contributed by atoms with van der Waals surface area (Å²) in [6.07, 6.45) is 1.98. The van der Waals surface area contributed by atoms with Gasteiger partial charge in [0.1, 0.15) is 0 Å². The minimum atomic E-state index is 0.956. The van der Waals surface area contributed by atoms with Crippen molar-refractivity contribution >= 4 is 55.5 Å². The Balaban J connectivity index is 1.44. The third-order valence-electron chi connectivity index (χ3n) is 6.55. The van der Waals surface area contributed by atoms with Gasteiger partial charge in [0, 0.05) is 62.9 Å². The van der Waals surface area contributed by atoms with Gasteiger partial charge in [0.15, 0.2) is 0 Å². The minimum absolute atomic E-state index is 0.956. The lowest BCUT2D eigenvalue weighted by Gasteiger charge is -2.03. The van der Waals surface area contributed by atoms with Crippen molar-refractivity contribution in [2.75, 3.05) is 0 Å². The Hall–Kier alpha value is -3.85. The summed E-state index contributed by atoms with van der Waals surface area (Å²) >= 11 is 0. The fourth-order valence-electron chi connectivity index (χ4n) is 5.10. The molecule has 2 aromatic heterocycles. The molecular weight excluding hydrogens is 390 g/mol. The Bertz CT molecular complexity index is 1520. The quantitative estimate of drug-likeness (QED) is 0.263. The highest BCUT2D eigenvalue weighted by Gasteiger charge is 2.10. The average molecular weight is 416 g/mol. The van der Waals surface area contributed by atoms with Gasteiger partial charge < -0.3 is 9.13 Å². The van der Waals surface area contributed by atoms with Gasteiger partial charge in [-0.1, -0.05) is 42.5 Å². The van der Waals surface area contributed by atoms with Crippen LogP contribution in [0, 0.1) is 0 Å². The van der Waals surface area contributed by atoms with Crippen LogP contribution in [0.1, 0.15) is 19.4 Å². The molecule has 3 nitrogen and oxygen atoms in total. The van der Waals surface area contributed by atoms with Gasteiger partial charge in [0.05, 0.1) is 5.69 Å². The molecule has 0 radical (unpaired) electrons. The van der Waals surface area contributed by atoms with Gasteiger partial charge >= 0.3 is 0 Å². The maximum atomic E-state index is 4.84. The molecule has 0 saturated heterocycles. The lowest BCUT2D eigenvalue weighted by Crippen LogP contribution is -1.92. The first-order chi connectivity index (χ1) is 15.8. The molecule has 0 aliphatic carbocycles. The topological polar surface area (TPSA) is 22.2 Å². The van der Waals surface area contributed by atoms with Crippen molar-refractivity contribution in [3.05, 3.63) is 90.5 Å². The van der Waals surface area contributed by atoms with E-state index in [-0.39, 0.29) is 0 Å². The summed E-state index contributed by atoms with van der Waals surface area (Å²) in [6.45, 7) is 6.32. The predicted molar refractivity (Wildman–Crippen MR) is 137 cm³/mol. The van der Waals surface area contributed by atoms with E-state index in [2.05, 4.69) is 108 Å². The van der Waals surface area contributed by atoms with Crippen LogP contribution in [0.5, 0.6) is 0 Å². The molecule has 0 atom stereocenters. The lowest BCUT2D eigenvalue weighted by atomic mass is 10.1. The van der Waals surface area contributed by atoms with Crippen LogP contribution in [0.25, 0.3) is 43.6 Å². The Morgan fingerprint density at radius 3 is 1.75 bits per heavy atom. The molecule has 0 fully saturated rings. The molecule has 0 aliphatic rings. The van der Waals surface area contributed by atoms with Crippen molar-refractivity contribution in [3.63, 3.8) is 0 Å². The Morgan fingerprint density at radius 2 is 1.12 bits per heavy atom. The Morgan fingerprint density at radius 1 is 0.594 bits per heavy atom. The molecule has 0 unspecified atom stereocenters. The van der Waals surface area contributed by atoms with E-state index in [0.29, 0.717) is 0 Å². The molecule has 0 amide bonds. The van der Waals surface area contributed by atoms with E-state index in [1.54, 1.807) is 0 Å². The SMILES string of the molecule is CCn1c2ccccc2c2cc(C=Nc3ccc4c(c3)c3ccccc3n4CC)ccc21. The zero-order valence-electron chi connectivity index (χ0n) is 18.4. The van der Waals surface area contributed by atoms with Crippen molar-refractivity contribution in [2.45, 2.75) is 26.9 Å². The second-order valence-electron chi connectivity index (χ2n) is 8.26. The number of nitrogens with zero attached hydrogens (tertiary/aromatic N) is 3. The number of aromatic nitrogens is 2. The van der Waals surface area contributed by atoms with E-state index in [4.69, 9.17) is 4.99 Å². The van der Waals surface area contributed by atoms with Crippen LogP contribution >= 0.6 is 0 Å². The van der Waals surface area contributed by atoms with Crippen molar-refractivity contribution in [3.8, 4) is 0 Å². The van der Waals surface area contributed by atoms with Gasteiger partial charge in [-0.15, -0.1) is 0 Å². The van der Waals surface area contributed by atoms with Gasteiger partial charge in [0.25, 0.3) is 0 Å². The van der Waals surface area contributed by atoms with Crippen molar-refractivity contribution < 1.29 is 0 Å². The fraction of sp³-hybridized carbons (Fsp3) is 0.138. The molecule has 6 rings (SSSR count). The molecule has 0 aliphatic heterocycles. The van der Waals surface area contributed by atoms with Crippen LogP contribution in [0.4, 0.5) is 5.69 Å². The average Bonchev–Trinajstić information content (AvgIpc) is 3.34. The number of aliphatic imine (C=N–C) groups is 1. The number of rotatable bonds is 4. The van der Waals surface area contributed by atoms with Crippen LogP contribution in [0.15, 0.2) is 89.9 Å². The molecule has 2 heterocycles. The summed E-state index contributed by atoms with van der Waals surface area (Å²) in [4.78, 5) is 4.84. The Labute approximate surface area is 187 Å². The third-order valence-corrected chi connectivity index (χ3v) is 6.55. The largest absolute Gasteiger partial charge is 0.341 e. The van der Waals surface area contributed by atoms with E-state index in [0.717, 1.165) is 24.3 Å². The van der Waals surface area contributed by atoms with Crippen LogP contribution in [-0.2, 0) is 13.1 Å². The van der Waals surface area contributed by atoms with E-state index < -0.39 is 0 Å². The summed E-state index contributed by atoms with van der Waals surface area (Å²) < 4.78 is 4.75. The molecule has 3 heteroatoms. The summed E-state index contributed by atoms with van der Waals surface area (Å²) in [5, 5.41) is 5.13. The van der Waals surface area contributed by atoms with Gasteiger partial charge in [-0.2, -0.15) is 0 Å². The highest BCUT2D eigenvalue weighted by molar-refractivity contribution is 6.10. The van der Waals surface area contributed by atoms with E-state index in [9.17, 15) is 0 Å². The minimum Gasteiger partial charge on any atom is -0.341 e. The zero-order chi connectivity index (χ0) is 21.7. The van der Waals surface area contributed by atoms with Gasteiger partial charge in [0.2, 0.25) is 0 Å². The van der Waals surface area contributed by atoms with E-state index in [1.807, 2.05) is 6.21 Å². The summed E-state index contributed by atoms with van der Waals surface area (Å²) in [5.74, 6) is 0. The number of aryl methyl sites for hydroxylation is 2. The zero-order valence-corrected chi connectivity index (χ0v) is 18.4. The number of hydrogen-bond donors (Lipinski definition) is 0. The molecule has 32 heavy (non-hydrogen) atoms. The maximum Gasteiger partial charge on any atom is 0.0637 e. The van der Waals surface area contributed by atoms with Gasteiger partial charge in [-0.25, -0.2) is 0 Å². The van der Waals surface area contributed by atoms with Crippen molar-refractivity contribution in [1.29, 1.82) is 0 Å². The molecule has 4 aromatic carbocycles. The highest BCUT2D eigenvalue weighted by Crippen LogP contribution is 2.32. The monoisotopic (exact) mass is 415 g/mol. The van der Waals surface area contributed by atoms with Crippen LogP contribution < -0.4 is 0 Å². The summed E-state index contributed by atoms with van der Waals surface area (Å²) in [5.41, 5.74) is 7.21. The molecule has 0 saturated carbocycles. The molecule has 156 valence electrons. The predicted octanol–water partition coefficient (Wildman–Crippen LogP) is 7.69. The maximum absolute atomic E-state index is 4.84. The number of benzene rings is 4. The smallest absolute Gasteiger partial charge is 0.0637 e. The first kappa shape index (κ1) is 18.9. The summed E-state index contributed by atoms with van der Waals surface area (Å²) in [6, 6.07) is 30.4. The third kappa shape index (κ3) is 2.78. The molecule has 0 spiro atoms. The van der Waals surface area contributed by atoms with Crippen LogP contribution in [-0.4, -0.2) is 15.3 Å².